The molecule has 142 valence electrons. The average Bonchev–Trinajstić information content (AvgIpc) is 3.23. The van der Waals surface area contributed by atoms with Crippen LogP contribution in [0.3, 0.4) is 0 Å². The third-order valence-electron chi connectivity index (χ3n) is 5.41. The Morgan fingerprint density at radius 1 is 1.23 bits per heavy atom. The van der Waals surface area contributed by atoms with E-state index in [1.54, 1.807) is 27.8 Å². The molecule has 0 atom stereocenters. The van der Waals surface area contributed by atoms with Crippen LogP contribution in [0.25, 0.3) is 10.6 Å². The first-order valence-corrected chi connectivity index (χ1v) is 11.0. The molecular weight excluding hydrogens is 390 g/mol. The van der Waals surface area contributed by atoms with E-state index >= 15 is 0 Å². The number of rotatable bonds is 3. The second kappa shape index (κ2) is 7.56. The molecule has 5 nitrogen and oxygen atoms in total. The number of aromatic nitrogens is 1. The summed E-state index contributed by atoms with van der Waals surface area (Å²) in [7, 11) is -3.45. The first kappa shape index (κ1) is 19.8. The Kier molecular flexibility index (Phi) is 5.75. The van der Waals surface area contributed by atoms with E-state index in [2.05, 4.69) is 10.3 Å². The summed E-state index contributed by atoms with van der Waals surface area (Å²) in [6.07, 6.45) is 3.11. The molecule has 8 heteroatoms. The Morgan fingerprint density at radius 3 is 2.69 bits per heavy atom. The zero-order valence-electron chi connectivity index (χ0n) is 14.8. The summed E-state index contributed by atoms with van der Waals surface area (Å²) in [6, 6.07) is 7.21. The number of aryl methyl sites for hydroxylation is 1. The van der Waals surface area contributed by atoms with Crippen molar-refractivity contribution in [3.8, 4) is 10.6 Å². The molecule has 3 heterocycles. The van der Waals surface area contributed by atoms with Gasteiger partial charge >= 0.3 is 0 Å². The third kappa shape index (κ3) is 3.68. The van der Waals surface area contributed by atoms with Crippen molar-refractivity contribution in [3.05, 3.63) is 35.3 Å². The highest BCUT2D eigenvalue weighted by Gasteiger charge is 2.43. The maximum Gasteiger partial charge on any atom is 0.243 e. The Hall–Kier alpha value is -0.990. The van der Waals surface area contributed by atoms with Gasteiger partial charge in [-0.25, -0.2) is 13.4 Å². The van der Waals surface area contributed by atoms with Crippen molar-refractivity contribution in [3.63, 3.8) is 0 Å². The SMILES string of the molecule is Cc1csc(-c2cccc(S(=O)(=O)N3CCC4(CCNCC4)C3)c2)n1.Cl. The summed E-state index contributed by atoms with van der Waals surface area (Å²) in [5, 5.41) is 6.23. The van der Waals surface area contributed by atoms with Crippen LogP contribution in [0.5, 0.6) is 0 Å². The van der Waals surface area contributed by atoms with Crippen molar-refractivity contribution in [1.82, 2.24) is 14.6 Å². The molecule has 26 heavy (non-hydrogen) atoms. The highest BCUT2D eigenvalue weighted by molar-refractivity contribution is 7.89. The summed E-state index contributed by atoms with van der Waals surface area (Å²) in [6.45, 7) is 5.21. The topological polar surface area (TPSA) is 62.3 Å². The van der Waals surface area contributed by atoms with Crippen LogP contribution in [0.1, 0.15) is 25.0 Å². The molecule has 1 aromatic carbocycles. The van der Waals surface area contributed by atoms with Crippen LogP contribution >= 0.6 is 23.7 Å². The number of benzene rings is 1. The molecule has 2 saturated heterocycles. The predicted octanol–water partition coefficient (Wildman–Crippen LogP) is 3.30. The number of nitrogens with zero attached hydrogens (tertiary/aromatic N) is 2. The zero-order chi connectivity index (χ0) is 17.5. The van der Waals surface area contributed by atoms with Crippen LogP contribution in [0.4, 0.5) is 0 Å². The largest absolute Gasteiger partial charge is 0.317 e. The second-order valence-corrected chi connectivity index (χ2v) is 9.96. The van der Waals surface area contributed by atoms with Gasteiger partial charge in [0.1, 0.15) is 5.01 Å². The highest BCUT2D eigenvalue weighted by Crippen LogP contribution is 2.40. The van der Waals surface area contributed by atoms with Gasteiger partial charge in [0, 0.05) is 29.7 Å². The Bertz CT molecular complexity index is 876. The third-order valence-corrected chi connectivity index (χ3v) is 8.26. The zero-order valence-corrected chi connectivity index (χ0v) is 17.2. The quantitative estimate of drug-likeness (QED) is 0.838. The molecule has 0 unspecified atom stereocenters. The summed E-state index contributed by atoms with van der Waals surface area (Å²) in [5.41, 5.74) is 2.00. The second-order valence-electron chi connectivity index (χ2n) is 7.16. The van der Waals surface area contributed by atoms with E-state index in [0.717, 1.165) is 48.6 Å². The van der Waals surface area contributed by atoms with Crippen LogP contribution < -0.4 is 5.32 Å². The fourth-order valence-electron chi connectivity index (χ4n) is 3.89. The minimum absolute atomic E-state index is 0. The van der Waals surface area contributed by atoms with Gasteiger partial charge in [-0.15, -0.1) is 23.7 Å². The molecule has 0 radical (unpaired) electrons. The Balaban J connectivity index is 0.00000196. The number of sulfonamides is 1. The van der Waals surface area contributed by atoms with E-state index in [0.29, 0.717) is 18.0 Å². The van der Waals surface area contributed by atoms with Crippen LogP contribution in [0.15, 0.2) is 34.5 Å². The number of nitrogens with one attached hydrogen (secondary N) is 1. The summed E-state index contributed by atoms with van der Waals surface area (Å²) in [4.78, 5) is 4.85. The molecule has 4 rings (SSSR count). The fourth-order valence-corrected chi connectivity index (χ4v) is 6.28. The van der Waals surface area contributed by atoms with Gasteiger partial charge in [0.25, 0.3) is 0 Å². The first-order chi connectivity index (χ1) is 12.0. The summed E-state index contributed by atoms with van der Waals surface area (Å²) >= 11 is 1.55. The molecular formula is C18H24ClN3O2S2. The van der Waals surface area contributed by atoms with Crippen LogP contribution in [0.2, 0.25) is 0 Å². The first-order valence-electron chi connectivity index (χ1n) is 8.72. The average molecular weight is 414 g/mol. The van der Waals surface area contributed by atoms with Crippen molar-refractivity contribution in [2.75, 3.05) is 26.2 Å². The minimum Gasteiger partial charge on any atom is -0.317 e. The summed E-state index contributed by atoms with van der Waals surface area (Å²) < 4.78 is 28.0. The number of hydrogen-bond donors (Lipinski definition) is 1. The molecule has 2 fully saturated rings. The number of hydrogen-bond acceptors (Lipinski definition) is 5. The standard InChI is InChI=1S/C18H23N3O2S2.ClH/c1-14-12-24-17(20-14)15-3-2-4-16(11-15)25(22,23)21-10-7-18(13-21)5-8-19-9-6-18;/h2-4,11-12,19H,5-10,13H2,1H3;1H. The lowest BCUT2D eigenvalue weighted by Crippen LogP contribution is -2.39. The van der Waals surface area contributed by atoms with Gasteiger partial charge in [0.2, 0.25) is 10.0 Å². The Labute approximate surface area is 165 Å². The van der Waals surface area contributed by atoms with Gasteiger partial charge in [-0.3, -0.25) is 0 Å². The number of thiazole rings is 1. The van der Waals surface area contributed by atoms with Crippen LogP contribution in [0, 0.1) is 12.3 Å². The maximum absolute atomic E-state index is 13.1. The smallest absolute Gasteiger partial charge is 0.243 e. The van der Waals surface area contributed by atoms with E-state index in [1.165, 1.54) is 0 Å². The molecule has 1 N–H and O–H groups in total. The van der Waals surface area contributed by atoms with Crippen molar-refractivity contribution < 1.29 is 8.42 Å². The predicted molar refractivity (Wildman–Crippen MR) is 107 cm³/mol. The molecule has 0 bridgehead atoms. The van der Waals surface area contributed by atoms with E-state index in [1.807, 2.05) is 24.4 Å². The molecule has 1 spiro atoms. The van der Waals surface area contributed by atoms with Gasteiger partial charge < -0.3 is 5.32 Å². The highest BCUT2D eigenvalue weighted by atomic mass is 35.5. The van der Waals surface area contributed by atoms with Gasteiger partial charge in [0.05, 0.1) is 4.90 Å². The van der Waals surface area contributed by atoms with Crippen molar-refractivity contribution in [2.45, 2.75) is 31.1 Å². The summed E-state index contributed by atoms with van der Waals surface area (Å²) in [5.74, 6) is 0. The number of halogens is 1. The van der Waals surface area contributed by atoms with Crippen LogP contribution in [-0.2, 0) is 10.0 Å². The lowest BCUT2D eigenvalue weighted by atomic mass is 9.78. The van der Waals surface area contributed by atoms with Gasteiger partial charge in [-0.05, 0) is 56.8 Å². The molecule has 2 aromatic rings. The van der Waals surface area contributed by atoms with Gasteiger partial charge in [-0.1, -0.05) is 12.1 Å². The Morgan fingerprint density at radius 2 is 2.00 bits per heavy atom. The molecule has 1 aromatic heterocycles. The normalized spacial score (nSPS) is 20.2. The van der Waals surface area contributed by atoms with E-state index < -0.39 is 10.0 Å². The fraction of sp³-hybridized carbons (Fsp3) is 0.500. The monoisotopic (exact) mass is 413 g/mol. The molecule has 0 aliphatic carbocycles. The van der Waals surface area contributed by atoms with E-state index in [9.17, 15) is 8.42 Å². The molecule has 0 saturated carbocycles. The van der Waals surface area contributed by atoms with Crippen LogP contribution in [-0.4, -0.2) is 43.9 Å². The number of piperidine rings is 1. The molecule has 2 aliphatic rings. The molecule has 2 aliphatic heterocycles. The van der Waals surface area contributed by atoms with Gasteiger partial charge in [-0.2, -0.15) is 4.31 Å². The maximum atomic E-state index is 13.1. The van der Waals surface area contributed by atoms with Crippen molar-refractivity contribution in [1.29, 1.82) is 0 Å². The lowest BCUT2D eigenvalue weighted by molar-refractivity contribution is 0.218. The van der Waals surface area contributed by atoms with Gasteiger partial charge in [0.15, 0.2) is 0 Å². The minimum atomic E-state index is -3.45. The molecule has 0 amide bonds. The van der Waals surface area contributed by atoms with E-state index in [-0.39, 0.29) is 17.8 Å². The van der Waals surface area contributed by atoms with Crippen molar-refractivity contribution in [2.24, 2.45) is 5.41 Å². The lowest BCUT2D eigenvalue weighted by Gasteiger charge is -2.33. The van der Waals surface area contributed by atoms with Crippen molar-refractivity contribution >= 4 is 33.8 Å². The van der Waals surface area contributed by atoms with E-state index in [4.69, 9.17) is 0 Å².